The second-order valence-electron chi connectivity index (χ2n) is 7.22. The Morgan fingerprint density at radius 3 is 2.65 bits per heavy atom. The first kappa shape index (κ1) is 22.6. The molecule has 0 spiro atoms. The van der Waals surface area contributed by atoms with Crippen molar-refractivity contribution in [1.29, 1.82) is 0 Å². The Kier molecular flexibility index (Phi) is 6.62. The highest BCUT2D eigenvalue weighted by Gasteiger charge is 2.20. The highest BCUT2D eigenvalue weighted by molar-refractivity contribution is 5.90. The van der Waals surface area contributed by atoms with Gasteiger partial charge in [-0.1, -0.05) is 29.4 Å². The minimum Gasteiger partial charge on any atom is -0.497 e. The minimum atomic E-state index is -0.622. The third kappa shape index (κ3) is 4.77. The molecule has 0 radical (unpaired) electrons. The van der Waals surface area contributed by atoms with E-state index in [1.807, 2.05) is 0 Å². The number of amides is 1. The summed E-state index contributed by atoms with van der Waals surface area (Å²) in [4.78, 5) is 42.1. The molecule has 0 aliphatic heterocycles. The summed E-state index contributed by atoms with van der Waals surface area (Å²) in [6.07, 6.45) is 0.234. The lowest BCUT2D eigenvalue weighted by atomic mass is 10.2. The summed E-state index contributed by atoms with van der Waals surface area (Å²) in [5.41, 5.74) is -0.221. The van der Waals surface area contributed by atoms with Gasteiger partial charge in [0.2, 0.25) is 17.6 Å². The molecule has 0 fully saturated rings. The van der Waals surface area contributed by atoms with E-state index >= 15 is 0 Å². The second-order valence-corrected chi connectivity index (χ2v) is 7.22. The number of hydrogen-bond donors (Lipinski definition) is 1. The molecular formula is C23H22N6O5. The number of aromatic nitrogens is 5. The van der Waals surface area contributed by atoms with Crippen LogP contribution in [0.15, 0.2) is 68.7 Å². The lowest BCUT2D eigenvalue weighted by molar-refractivity contribution is -0.116. The number of aryl methyl sites for hydroxylation is 1. The number of para-hydroxylation sites is 1. The fraction of sp³-hybridized carbons (Fsp3) is 0.217. The Labute approximate surface area is 193 Å². The van der Waals surface area contributed by atoms with Gasteiger partial charge in [-0.15, -0.1) is 0 Å². The zero-order valence-corrected chi connectivity index (χ0v) is 18.6. The quantitative estimate of drug-likeness (QED) is 0.420. The first-order valence-electron chi connectivity index (χ1n) is 10.6. The van der Waals surface area contributed by atoms with Crippen LogP contribution >= 0.6 is 0 Å². The van der Waals surface area contributed by atoms with Crippen molar-refractivity contribution >= 4 is 11.6 Å². The lowest BCUT2D eigenvalue weighted by Gasteiger charge is -2.09. The van der Waals surface area contributed by atoms with E-state index in [0.717, 1.165) is 9.25 Å². The van der Waals surface area contributed by atoms with Gasteiger partial charge >= 0.3 is 5.69 Å². The number of carbonyl (C=O) groups is 1. The summed E-state index contributed by atoms with van der Waals surface area (Å²) >= 11 is 0. The molecule has 174 valence electrons. The van der Waals surface area contributed by atoms with E-state index in [2.05, 4.69) is 20.6 Å². The first-order chi connectivity index (χ1) is 16.5. The fourth-order valence-electron chi connectivity index (χ4n) is 3.27. The van der Waals surface area contributed by atoms with Crippen molar-refractivity contribution in [3.8, 4) is 23.0 Å². The van der Waals surface area contributed by atoms with Crippen LogP contribution in [-0.4, -0.2) is 37.5 Å². The molecule has 4 aromatic rings. The minimum absolute atomic E-state index is 0.0555. The summed E-state index contributed by atoms with van der Waals surface area (Å²) in [5, 5.41) is 10.8. The van der Waals surface area contributed by atoms with Crippen LogP contribution in [0.4, 0.5) is 5.69 Å². The number of carbonyl (C=O) groups excluding carboxylic acids is 1. The average molecular weight is 462 g/mol. The highest BCUT2D eigenvalue weighted by Crippen LogP contribution is 2.17. The van der Waals surface area contributed by atoms with E-state index in [0.29, 0.717) is 17.1 Å². The van der Waals surface area contributed by atoms with Crippen molar-refractivity contribution in [3.63, 3.8) is 0 Å². The Balaban J connectivity index is 1.54. The van der Waals surface area contributed by atoms with Gasteiger partial charge in [-0.3, -0.25) is 14.2 Å². The molecule has 1 N–H and O–H groups in total. The first-order valence-corrected chi connectivity index (χ1v) is 10.6. The summed E-state index contributed by atoms with van der Waals surface area (Å²) in [7, 11) is 1.55. The van der Waals surface area contributed by atoms with Crippen molar-refractivity contribution in [2.75, 3.05) is 12.4 Å². The van der Waals surface area contributed by atoms with Crippen LogP contribution in [0.5, 0.6) is 5.75 Å². The van der Waals surface area contributed by atoms with E-state index < -0.39 is 11.2 Å². The Morgan fingerprint density at radius 2 is 1.91 bits per heavy atom. The van der Waals surface area contributed by atoms with Crippen LogP contribution in [-0.2, 0) is 17.8 Å². The van der Waals surface area contributed by atoms with E-state index in [1.165, 1.54) is 0 Å². The lowest BCUT2D eigenvalue weighted by Crippen LogP contribution is -2.41. The summed E-state index contributed by atoms with van der Waals surface area (Å²) in [6.45, 7) is 1.83. The maximum atomic E-state index is 12.8. The molecule has 2 heterocycles. The van der Waals surface area contributed by atoms with Crippen LogP contribution in [0.25, 0.3) is 17.2 Å². The van der Waals surface area contributed by atoms with Crippen LogP contribution in [0.1, 0.15) is 19.2 Å². The van der Waals surface area contributed by atoms with Gasteiger partial charge in [0.25, 0.3) is 5.56 Å². The van der Waals surface area contributed by atoms with Crippen LogP contribution in [0, 0.1) is 0 Å². The SMILES string of the molecule is CCn1c(=O)c(-c2noc(CCC(=O)Nc3cccc(OC)c3)n2)nn(-c2ccccc2)c1=O. The molecule has 0 aliphatic carbocycles. The maximum absolute atomic E-state index is 12.8. The molecule has 0 saturated heterocycles. The normalized spacial score (nSPS) is 10.8. The van der Waals surface area contributed by atoms with Crippen molar-refractivity contribution in [2.45, 2.75) is 26.3 Å². The topological polar surface area (TPSA) is 134 Å². The smallest absolute Gasteiger partial charge is 0.352 e. The van der Waals surface area contributed by atoms with Gasteiger partial charge < -0.3 is 14.6 Å². The van der Waals surface area contributed by atoms with Gasteiger partial charge in [-0.2, -0.15) is 14.8 Å². The Hall–Kier alpha value is -4.54. The second kappa shape index (κ2) is 9.94. The monoisotopic (exact) mass is 462 g/mol. The van der Waals surface area contributed by atoms with Gasteiger partial charge in [0.1, 0.15) is 5.75 Å². The predicted octanol–water partition coefficient (Wildman–Crippen LogP) is 2.04. The molecule has 0 bridgehead atoms. The predicted molar refractivity (Wildman–Crippen MR) is 123 cm³/mol. The number of rotatable bonds is 8. The number of nitrogens with one attached hydrogen (secondary N) is 1. The highest BCUT2D eigenvalue weighted by atomic mass is 16.5. The number of hydrogen-bond acceptors (Lipinski definition) is 8. The van der Waals surface area contributed by atoms with Gasteiger partial charge in [-0.25, -0.2) is 4.79 Å². The molecule has 1 amide bonds. The third-order valence-electron chi connectivity index (χ3n) is 4.98. The van der Waals surface area contributed by atoms with Crippen molar-refractivity contribution in [1.82, 2.24) is 24.5 Å². The Bertz CT molecular complexity index is 1420. The van der Waals surface area contributed by atoms with Crippen molar-refractivity contribution < 1.29 is 14.1 Å². The molecule has 4 rings (SSSR count). The summed E-state index contributed by atoms with van der Waals surface area (Å²) < 4.78 is 12.5. The fourth-order valence-corrected chi connectivity index (χ4v) is 3.27. The molecule has 2 aromatic heterocycles. The third-order valence-corrected chi connectivity index (χ3v) is 4.98. The van der Waals surface area contributed by atoms with Gasteiger partial charge in [0.05, 0.1) is 12.8 Å². The number of ether oxygens (including phenoxy) is 1. The summed E-state index contributed by atoms with van der Waals surface area (Å²) in [6, 6.07) is 15.7. The van der Waals surface area contributed by atoms with Crippen LogP contribution in [0.3, 0.4) is 0 Å². The zero-order chi connectivity index (χ0) is 24.1. The van der Waals surface area contributed by atoms with Crippen molar-refractivity contribution in [3.05, 3.63) is 81.3 Å². The molecule has 0 unspecified atom stereocenters. The average Bonchev–Trinajstić information content (AvgIpc) is 3.33. The number of anilines is 1. The number of methoxy groups -OCH3 is 1. The van der Waals surface area contributed by atoms with Gasteiger partial charge in [0, 0.05) is 31.1 Å². The molecule has 0 aliphatic rings. The number of benzene rings is 2. The standard InChI is InChI=1S/C23H22N6O5/c1-3-28-22(31)20(26-29(23(28)32)16-9-5-4-6-10-16)21-25-19(34-27-21)13-12-18(30)24-15-8-7-11-17(14-15)33-2/h4-11,14H,3,12-13H2,1-2H3,(H,24,30). The van der Waals surface area contributed by atoms with Crippen LogP contribution < -0.4 is 21.3 Å². The van der Waals surface area contributed by atoms with Gasteiger partial charge in [-0.05, 0) is 31.2 Å². The zero-order valence-electron chi connectivity index (χ0n) is 18.6. The number of nitrogens with zero attached hydrogens (tertiary/aromatic N) is 5. The summed E-state index contributed by atoms with van der Waals surface area (Å²) in [5.74, 6) is 0.482. The molecule has 34 heavy (non-hydrogen) atoms. The van der Waals surface area contributed by atoms with Crippen molar-refractivity contribution in [2.24, 2.45) is 0 Å². The molecule has 11 heteroatoms. The molecule has 0 atom stereocenters. The molecule has 2 aromatic carbocycles. The van der Waals surface area contributed by atoms with E-state index in [4.69, 9.17) is 9.26 Å². The maximum Gasteiger partial charge on any atom is 0.352 e. The largest absolute Gasteiger partial charge is 0.497 e. The van der Waals surface area contributed by atoms with Crippen LogP contribution in [0.2, 0.25) is 0 Å². The molecule has 0 saturated carbocycles. The van der Waals surface area contributed by atoms with E-state index in [1.54, 1.807) is 68.6 Å². The van der Waals surface area contributed by atoms with Gasteiger partial charge in [0.15, 0.2) is 5.69 Å². The molecular weight excluding hydrogens is 440 g/mol. The van der Waals surface area contributed by atoms with E-state index in [9.17, 15) is 14.4 Å². The Morgan fingerprint density at radius 1 is 1.12 bits per heavy atom. The van der Waals surface area contributed by atoms with E-state index in [-0.39, 0.29) is 42.7 Å². The molecule has 11 nitrogen and oxygen atoms in total.